The number of hydrogen-bond donors (Lipinski definition) is 1. The zero-order valence-corrected chi connectivity index (χ0v) is 16.8. The van der Waals surface area contributed by atoms with Crippen molar-refractivity contribution in [2.24, 2.45) is 10.9 Å². The Balaban J connectivity index is 1.58. The van der Waals surface area contributed by atoms with Crippen LogP contribution in [0.1, 0.15) is 37.4 Å². The summed E-state index contributed by atoms with van der Waals surface area (Å²) in [5, 5.41) is 3.20. The third-order valence-corrected chi connectivity index (χ3v) is 6.37. The predicted molar refractivity (Wildman–Crippen MR) is 114 cm³/mol. The first-order valence-electron chi connectivity index (χ1n) is 8.88. The molecule has 0 fully saturated rings. The molecule has 2 aromatic carbocycles. The zero-order chi connectivity index (χ0) is 18.4. The summed E-state index contributed by atoms with van der Waals surface area (Å²) < 4.78 is 0.971. The SMILES string of the molecule is CC(C)CC(NC(=O)CSC1=Nc2ccccc2CS1)c1ccccc1. The van der Waals surface area contributed by atoms with Crippen LogP contribution < -0.4 is 5.32 Å². The molecule has 0 radical (unpaired) electrons. The van der Waals surface area contributed by atoms with Crippen LogP contribution in [0.2, 0.25) is 0 Å². The molecular weight excluding hydrogens is 360 g/mol. The average molecular weight is 385 g/mol. The fourth-order valence-corrected chi connectivity index (χ4v) is 4.76. The van der Waals surface area contributed by atoms with Gasteiger partial charge in [0, 0.05) is 5.75 Å². The van der Waals surface area contributed by atoms with Crippen LogP contribution in [0, 0.1) is 5.92 Å². The summed E-state index contributed by atoms with van der Waals surface area (Å²) in [6.45, 7) is 4.36. The molecule has 5 heteroatoms. The minimum atomic E-state index is 0.0611. The number of hydrogen-bond acceptors (Lipinski definition) is 4. The van der Waals surface area contributed by atoms with Gasteiger partial charge in [-0.1, -0.05) is 85.9 Å². The van der Waals surface area contributed by atoms with Crippen molar-refractivity contribution in [2.45, 2.75) is 32.1 Å². The Morgan fingerprint density at radius 2 is 1.88 bits per heavy atom. The van der Waals surface area contributed by atoms with Gasteiger partial charge >= 0.3 is 0 Å². The van der Waals surface area contributed by atoms with E-state index in [0.717, 1.165) is 27.8 Å². The third kappa shape index (κ3) is 5.39. The summed E-state index contributed by atoms with van der Waals surface area (Å²) in [6.07, 6.45) is 0.934. The van der Waals surface area contributed by atoms with Crippen molar-refractivity contribution >= 4 is 39.5 Å². The van der Waals surface area contributed by atoms with E-state index in [1.165, 1.54) is 17.3 Å². The standard InChI is InChI=1S/C21H24N2OS2/c1-15(2)12-19(16-8-4-3-5-9-16)22-20(24)14-26-21-23-18-11-7-6-10-17(18)13-25-21/h3-11,15,19H,12-14H2,1-2H3,(H,22,24). The van der Waals surface area contributed by atoms with E-state index in [1.54, 1.807) is 11.8 Å². The molecule has 0 spiro atoms. The molecule has 0 saturated heterocycles. The summed E-state index contributed by atoms with van der Waals surface area (Å²) in [6, 6.07) is 18.5. The summed E-state index contributed by atoms with van der Waals surface area (Å²) in [4.78, 5) is 17.2. The molecule has 26 heavy (non-hydrogen) atoms. The highest BCUT2D eigenvalue weighted by atomic mass is 32.2. The van der Waals surface area contributed by atoms with Gasteiger partial charge in [0.1, 0.15) is 4.38 Å². The Kier molecular flexibility index (Phi) is 6.80. The lowest BCUT2D eigenvalue weighted by atomic mass is 9.97. The van der Waals surface area contributed by atoms with Gasteiger partial charge in [-0.3, -0.25) is 4.79 Å². The highest BCUT2D eigenvalue weighted by Crippen LogP contribution is 2.34. The van der Waals surface area contributed by atoms with E-state index >= 15 is 0 Å². The van der Waals surface area contributed by atoms with Crippen molar-refractivity contribution in [2.75, 3.05) is 5.75 Å². The molecule has 0 bridgehead atoms. The maximum Gasteiger partial charge on any atom is 0.230 e. The maximum absolute atomic E-state index is 12.5. The number of nitrogens with zero attached hydrogens (tertiary/aromatic N) is 1. The van der Waals surface area contributed by atoms with Gasteiger partial charge in [0.05, 0.1) is 17.5 Å². The van der Waals surface area contributed by atoms with Crippen molar-refractivity contribution < 1.29 is 4.79 Å². The lowest BCUT2D eigenvalue weighted by molar-refractivity contribution is -0.119. The van der Waals surface area contributed by atoms with Gasteiger partial charge < -0.3 is 5.32 Å². The molecule has 3 nitrogen and oxygen atoms in total. The molecule has 2 aromatic rings. The Bertz CT molecular complexity index is 775. The van der Waals surface area contributed by atoms with Gasteiger partial charge in [-0.15, -0.1) is 0 Å². The van der Waals surface area contributed by atoms with Crippen LogP contribution in [0.4, 0.5) is 5.69 Å². The lowest BCUT2D eigenvalue weighted by Gasteiger charge is -2.21. The number of carbonyl (C=O) groups is 1. The molecule has 3 rings (SSSR count). The van der Waals surface area contributed by atoms with Gasteiger partial charge in [-0.25, -0.2) is 4.99 Å². The smallest absolute Gasteiger partial charge is 0.230 e. The largest absolute Gasteiger partial charge is 0.349 e. The van der Waals surface area contributed by atoms with Crippen molar-refractivity contribution in [3.05, 3.63) is 65.7 Å². The predicted octanol–water partition coefficient (Wildman–Crippen LogP) is 5.56. The minimum Gasteiger partial charge on any atom is -0.349 e. The molecule has 1 aliphatic heterocycles. The topological polar surface area (TPSA) is 41.5 Å². The van der Waals surface area contributed by atoms with Gasteiger partial charge in [-0.2, -0.15) is 0 Å². The summed E-state index contributed by atoms with van der Waals surface area (Å²) in [5.41, 5.74) is 3.45. The van der Waals surface area contributed by atoms with Crippen molar-refractivity contribution in [1.29, 1.82) is 0 Å². The molecule has 1 unspecified atom stereocenters. The van der Waals surface area contributed by atoms with Crippen LogP contribution in [0.25, 0.3) is 0 Å². The van der Waals surface area contributed by atoms with E-state index in [2.05, 4.69) is 42.4 Å². The first-order chi connectivity index (χ1) is 12.6. The number of rotatable bonds is 6. The van der Waals surface area contributed by atoms with Crippen LogP contribution in [0.15, 0.2) is 59.6 Å². The van der Waals surface area contributed by atoms with Crippen LogP contribution in [0.5, 0.6) is 0 Å². The van der Waals surface area contributed by atoms with E-state index in [9.17, 15) is 4.79 Å². The molecule has 1 N–H and O–H groups in total. The fourth-order valence-electron chi connectivity index (χ4n) is 2.88. The number of carbonyl (C=O) groups excluding carboxylic acids is 1. The van der Waals surface area contributed by atoms with E-state index in [1.807, 2.05) is 36.4 Å². The Morgan fingerprint density at radius 3 is 2.65 bits per heavy atom. The Labute approximate surface area is 164 Å². The normalized spacial score (nSPS) is 14.5. The highest BCUT2D eigenvalue weighted by molar-refractivity contribution is 8.38. The van der Waals surface area contributed by atoms with Crippen LogP contribution in [0.3, 0.4) is 0 Å². The summed E-state index contributed by atoms with van der Waals surface area (Å²) >= 11 is 3.23. The fraction of sp³-hybridized carbons (Fsp3) is 0.333. The summed E-state index contributed by atoms with van der Waals surface area (Å²) in [7, 11) is 0. The second-order valence-corrected chi connectivity index (χ2v) is 8.93. The molecule has 136 valence electrons. The second kappa shape index (κ2) is 9.28. The van der Waals surface area contributed by atoms with Gasteiger partial charge in [-0.05, 0) is 29.5 Å². The van der Waals surface area contributed by atoms with E-state index < -0.39 is 0 Å². The number of fused-ring (bicyclic) bond motifs is 1. The number of benzene rings is 2. The van der Waals surface area contributed by atoms with Crippen molar-refractivity contribution in [3.63, 3.8) is 0 Å². The number of aliphatic imine (C=N–C) groups is 1. The van der Waals surface area contributed by atoms with Crippen LogP contribution in [-0.2, 0) is 10.5 Å². The molecule has 1 heterocycles. The average Bonchev–Trinajstić information content (AvgIpc) is 2.66. The van der Waals surface area contributed by atoms with Crippen LogP contribution >= 0.6 is 23.5 Å². The monoisotopic (exact) mass is 384 g/mol. The van der Waals surface area contributed by atoms with Gasteiger partial charge in [0.2, 0.25) is 5.91 Å². The van der Waals surface area contributed by atoms with Crippen molar-refractivity contribution in [3.8, 4) is 0 Å². The lowest BCUT2D eigenvalue weighted by Crippen LogP contribution is -2.31. The zero-order valence-electron chi connectivity index (χ0n) is 15.1. The first kappa shape index (κ1) is 19.1. The quantitative estimate of drug-likeness (QED) is 0.709. The molecule has 1 atom stereocenters. The first-order valence-corrected chi connectivity index (χ1v) is 10.9. The molecular formula is C21H24N2OS2. The number of nitrogens with one attached hydrogen (secondary N) is 1. The van der Waals surface area contributed by atoms with Gasteiger partial charge in [0.25, 0.3) is 0 Å². The number of para-hydroxylation sites is 1. The highest BCUT2D eigenvalue weighted by Gasteiger charge is 2.18. The van der Waals surface area contributed by atoms with E-state index in [4.69, 9.17) is 0 Å². The number of amides is 1. The maximum atomic E-state index is 12.5. The van der Waals surface area contributed by atoms with E-state index in [0.29, 0.717) is 11.7 Å². The molecule has 1 aliphatic rings. The Morgan fingerprint density at radius 1 is 1.15 bits per heavy atom. The van der Waals surface area contributed by atoms with Crippen LogP contribution in [-0.4, -0.2) is 16.0 Å². The van der Waals surface area contributed by atoms with E-state index in [-0.39, 0.29) is 11.9 Å². The molecule has 0 aromatic heterocycles. The van der Waals surface area contributed by atoms with Crippen molar-refractivity contribution in [1.82, 2.24) is 5.32 Å². The Hall–Kier alpha value is -1.72. The summed E-state index contributed by atoms with van der Waals surface area (Å²) in [5.74, 6) is 1.90. The van der Waals surface area contributed by atoms with Gasteiger partial charge in [0.15, 0.2) is 0 Å². The second-order valence-electron chi connectivity index (χ2n) is 6.74. The minimum absolute atomic E-state index is 0.0611. The number of thioether (sulfide) groups is 2. The molecule has 1 amide bonds. The third-order valence-electron chi connectivity index (χ3n) is 4.13. The molecule has 0 saturated carbocycles. The molecule has 0 aliphatic carbocycles.